The molecule has 1 aromatic heterocycles. The van der Waals surface area contributed by atoms with Gasteiger partial charge >= 0.3 is 58.7 Å². The van der Waals surface area contributed by atoms with Crippen molar-refractivity contribution in [2.24, 2.45) is 0 Å². The predicted molar refractivity (Wildman–Crippen MR) is 38.0 cm³/mol. The van der Waals surface area contributed by atoms with Gasteiger partial charge in [0.05, 0.1) is 11.3 Å². The Labute approximate surface area is 113 Å². The van der Waals surface area contributed by atoms with Crippen LogP contribution in [0.15, 0.2) is 12.4 Å². The van der Waals surface area contributed by atoms with Gasteiger partial charge in [-0.25, -0.2) is 0 Å². The maximum absolute atomic E-state index is 11.8. The van der Waals surface area contributed by atoms with Crippen LogP contribution >= 0.6 is 0 Å². The second-order valence-corrected chi connectivity index (χ2v) is 1.89. The molecule has 0 radical (unpaired) electrons. The van der Waals surface area contributed by atoms with E-state index in [1.807, 2.05) is 0 Å². The van der Waals surface area contributed by atoms with Crippen molar-refractivity contribution in [3.63, 3.8) is 0 Å². The summed E-state index contributed by atoms with van der Waals surface area (Å²) in [7, 11) is -2.52. The van der Waals surface area contributed by atoms with Gasteiger partial charge in [0.1, 0.15) is 0 Å². The maximum atomic E-state index is 11.8. The molecule has 0 aromatic carbocycles. The van der Waals surface area contributed by atoms with Crippen LogP contribution in [-0.4, -0.2) is 17.2 Å². The van der Waals surface area contributed by atoms with Gasteiger partial charge in [0.15, 0.2) is 0 Å². The summed E-state index contributed by atoms with van der Waals surface area (Å²) in [6.45, 7) is 1.62. The Bertz CT molecular complexity index is 241. The van der Waals surface area contributed by atoms with E-state index in [0.717, 1.165) is 6.20 Å². The van der Waals surface area contributed by atoms with Crippen LogP contribution in [0.4, 0.5) is 13.3 Å². The molecule has 0 saturated heterocycles. The fourth-order valence-electron chi connectivity index (χ4n) is 0.588. The number of aryl methyl sites for hydroxylation is 1. The molecule has 12 heavy (non-hydrogen) atoms. The monoisotopic (exact) mass is 202 g/mol. The molecule has 7 heteroatoms. The van der Waals surface area contributed by atoms with Gasteiger partial charge in [-0.15, -0.1) is 0 Å². The molecule has 1 rings (SSSR count). The smallest absolute Gasteiger partial charge is 1.00 e. The number of nitrogens with zero attached hydrogens (tertiary/aromatic N) is 2. The van der Waals surface area contributed by atoms with E-state index in [0.29, 0.717) is 5.69 Å². The van der Waals surface area contributed by atoms with E-state index < -0.39 is 7.27 Å². The van der Waals surface area contributed by atoms with Gasteiger partial charge in [0.2, 0.25) is 0 Å². The van der Waals surface area contributed by atoms with Gasteiger partial charge in [0, 0.05) is 12.4 Å². The van der Waals surface area contributed by atoms with Crippen molar-refractivity contribution in [3.8, 4) is 0 Å². The average Bonchev–Trinajstić information content (AvgIpc) is 1.88. The van der Waals surface area contributed by atoms with Crippen molar-refractivity contribution in [3.05, 3.63) is 18.1 Å². The Balaban J connectivity index is -0.000000333. The second-order valence-electron chi connectivity index (χ2n) is 1.89. The summed E-state index contributed by atoms with van der Waals surface area (Å²) < 4.78 is 23.7. The van der Waals surface area contributed by atoms with E-state index in [4.69, 9.17) is 0 Å². The first-order valence-electron chi connectivity index (χ1n) is 2.77. The summed E-state index contributed by atoms with van der Waals surface area (Å²) in [6.07, 6.45) is 2.50. The molecule has 0 aliphatic heterocycles. The van der Waals surface area contributed by atoms with Crippen molar-refractivity contribution >= 4 is 12.9 Å². The van der Waals surface area contributed by atoms with Crippen molar-refractivity contribution in [2.75, 3.05) is 0 Å². The minimum absolute atomic E-state index is 0. The zero-order valence-electron chi connectivity index (χ0n) is 7.79. The van der Waals surface area contributed by atoms with Gasteiger partial charge in [0.25, 0.3) is 0 Å². The summed E-state index contributed by atoms with van der Waals surface area (Å²) in [5.41, 5.74) is 0.248. The molecule has 0 aliphatic rings. The second kappa shape index (κ2) is 7.02. The third-order valence-electron chi connectivity index (χ3n) is 0.997. The third kappa shape index (κ3) is 4.56. The van der Waals surface area contributed by atoms with E-state index in [1.165, 1.54) is 6.20 Å². The molecule has 0 bridgehead atoms. The summed E-state index contributed by atoms with van der Waals surface area (Å²) >= 11 is 0. The van der Waals surface area contributed by atoms with Crippen LogP contribution in [-0.2, 0) is 0 Å². The summed E-state index contributed by atoms with van der Waals surface area (Å²) in [6, 6.07) is 0. The van der Waals surface area contributed by atoms with Crippen molar-refractivity contribution in [2.45, 2.75) is 6.92 Å². The van der Waals surface area contributed by atoms with Crippen molar-refractivity contribution in [1.82, 2.24) is 9.97 Å². The number of rotatable bonds is 1. The van der Waals surface area contributed by atoms with Crippen LogP contribution in [0.3, 0.4) is 0 Å². The summed E-state index contributed by atoms with van der Waals surface area (Å²) in [5, 5.41) is 0. The van der Waals surface area contributed by atoms with Gasteiger partial charge in [-0.05, 0) is 6.92 Å². The van der Waals surface area contributed by atoms with Gasteiger partial charge < -0.3 is 1.43 Å². The topological polar surface area (TPSA) is 25.8 Å². The molecule has 0 atom stereocenters. The normalized spacial score (nSPS) is 7.92. The maximum Gasteiger partial charge on any atom is 1.00 e. The molecule has 0 fully saturated rings. The Morgan fingerprint density at radius 3 is 2.33 bits per heavy atom. The fourth-order valence-corrected chi connectivity index (χ4v) is 0.588. The molecule has 0 unspecified atom stereocenters. The van der Waals surface area contributed by atoms with E-state index in [-0.39, 0.29) is 63.1 Å². The van der Waals surface area contributed by atoms with Crippen LogP contribution in [0, 0.1) is 6.92 Å². The SMILES string of the molecule is Cc1cncc(B(F)F)n1.F.[H-].[K+]. The average molecular weight is 202 g/mol. The Kier molecular flexibility index (Phi) is 8.81. The molecule has 2 nitrogen and oxygen atoms in total. The number of hydrogen-bond acceptors (Lipinski definition) is 2. The minimum Gasteiger partial charge on any atom is -1.00 e. The quantitative estimate of drug-likeness (QED) is 0.478. The number of hydrogen-bond donors (Lipinski definition) is 0. The molecule has 0 spiro atoms. The van der Waals surface area contributed by atoms with Gasteiger partial charge in [-0.2, -0.15) is 0 Å². The molecule has 0 N–H and O–H groups in total. The largest absolute Gasteiger partial charge is 1.00 e. The third-order valence-corrected chi connectivity index (χ3v) is 0.997. The minimum atomic E-state index is -2.52. The van der Waals surface area contributed by atoms with Gasteiger partial charge in [-0.3, -0.25) is 23.3 Å². The molecule has 0 amide bonds. The van der Waals surface area contributed by atoms with Crippen LogP contribution in [0.25, 0.3) is 0 Å². The first-order valence-corrected chi connectivity index (χ1v) is 2.77. The van der Waals surface area contributed by atoms with Crippen LogP contribution in [0.2, 0.25) is 0 Å². The van der Waals surface area contributed by atoms with E-state index in [9.17, 15) is 8.63 Å². The molecule has 1 heterocycles. The standard InChI is InChI=1S/C5H5BF2N2.FH.K.H/c1-4-2-9-3-5(10-4)6(7)8;;;/h2-3H,1H3;1H;;/q;;+1;-1. The van der Waals surface area contributed by atoms with Crippen molar-refractivity contribution in [1.29, 1.82) is 0 Å². The fraction of sp³-hybridized carbons (Fsp3) is 0.200. The van der Waals surface area contributed by atoms with Crippen LogP contribution in [0.1, 0.15) is 7.12 Å². The predicted octanol–water partition coefficient (Wildman–Crippen LogP) is -2.31. The first-order chi connectivity index (χ1) is 4.70. The molecule has 0 aliphatic carbocycles. The van der Waals surface area contributed by atoms with E-state index in [1.54, 1.807) is 6.92 Å². The van der Waals surface area contributed by atoms with Gasteiger partial charge in [-0.1, -0.05) is 0 Å². The summed E-state index contributed by atoms with van der Waals surface area (Å²) in [4.78, 5) is 7.12. The Morgan fingerprint density at radius 2 is 2.00 bits per heavy atom. The molecular weight excluding hydrogens is 195 g/mol. The van der Waals surface area contributed by atoms with E-state index >= 15 is 0 Å². The molecular formula is C5H7BF3KN2. The molecule has 1 aromatic rings. The zero-order valence-corrected chi connectivity index (χ0v) is 9.91. The number of halogens is 3. The van der Waals surface area contributed by atoms with Crippen molar-refractivity contribution < 1.29 is 66.1 Å². The van der Waals surface area contributed by atoms with Crippen LogP contribution in [0.5, 0.6) is 0 Å². The molecule has 0 saturated carbocycles. The Morgan fingerprint density at radius 1 is 1.42 bits per heavy atom. The zero-order chi connectivity index (χ0) is 7.56. The number of aromatic nitrogens is 2. The summed E-state index contributed by atoms with van der Waals surface area (Å²) in [5.74, 6) is 0. The van der Waals surface area contributed by atoms with Crippen LogP contribution < -0.4 is 57.0 Å². The first kappa shape index (κ1) is 15.1. The molecule has 62 valence electrons. The Hall–Kier alpha value is 0.571. The van der Waals surface area contributed by atoms with E-state index in [2.05, 4.69) is 9.97 Å².